The minimum atomic E-state index is 0.679. The Balaban J connectivity index is 1.79. The number of anilines is 1. The highest BCUT2D eigenvalue weighted by molar-refractivity contribution is 9.10. The zero-order valence-corrected chi connectivity index (χ0v) is 19.4. The van der Waals surface area contributed by atoms with Crippen LogP contribution in [0.15, 0.2) is 81.7 Å². The lowest BCUT2D eigenvalue weighted by molar-refractivity contribution is 0.407. The lowest BCUT2D eigenvalue weighted by Gasteiger charge is -2.26. The summed E-state index contributed by atoms with van der Waals surface area (Å²) in [6, 6.07) is 24.3. The van der Waals surface area contributed by atoms with E-state index in [1.807, 2.05) is 48.5 Å². The van der Waals surface area contributed by atoms with Gasteiger partial charge in [0.05, 0.1) is 7.11 Å². The van der Waals surface area contributed by atoms with Crippen LogP contribution in [0.25, 0.3) is 0 Å². The molecule has 0 atom stereocenters. The van der Waals surface area contributed by atoms with Crippen LogP contribution >= 0.6 is 44.1 Å². The van der Waals surface area contributed by atoms with Crippen molar-refractivity contribution in [3.8, 4) is 5.75 Å². The van der Waals surface area contributed by atoms with Gasteiger partial charge in [-0.1, -0.05) is 56.1 Å². The summed E-state index contributed by atoms with van der Waals surface area (Å²) in [5.74, 6) is 0.845. The van der Waals surface area contributed by atoms with Crippen LogP contribution in [0, 0.1) is 0 Å². The van der Waals surface area contributed by atoms with Gasteiger partial charge in [0.25, 0.3) is 0 Å². The third kappa shape index (κ3) is 6.06. The zero-order chi connectivity index (χ0) is 19.9. The van der Waals surface area contributed by atoms with E-state index in [1.54, 1.807) is 7.11 Å². The number of methoxy groups -OCH3 is 1. The van der Waals surface area contributed by atoms with Crippen molar-refractivity contribution in [1.29, 1.82) is 0 Å². The Bertz CT molecular complexity index is 930. The van der Waals surface area contributed by atoms with Gasteiger partial charge in [0.15, 0.2) is 5.11 Å². The van der Waals surface area contributed by atoms with Gasteiger partial charge in [-0.25, -0.2) is 0 Å². The normalized spacial score (nSPS) is 10.4. The fourth-order valence-corrected chi connectivity index (χ4v) is 3.70. The van der Waals surface area contributed by atoms with Crippen molar-refractivity contribution in [2.75, 3.05) is 12.4 Å². The first-order valence-electron chi connectivity index (χ1n) is 8.72. The Morgan fingerprint density at radius 3 is 2.21 bits per heavy atom. The van der Waals surface area contributed by atoms with Gasteiger partial charge in [-0.3, -0.25) is 0 Å². The maximum absolute atomic E-state index is 5.74. The number of nitrogens with zero attached hydrogens (tertiary/aromatic N) is 1. The second-order valence-corrected chi connectivity index (χ2v) is 8.49. The Morgan fingerprint density at radius 2 is 1.57 bits per heavy atom. The molecule has 0 aliphatic heterocycles. The van der Waals surface area contributed by atoms with Crippen LogP contribution in [0.3, 0.4) is 0 Å². The summed E-state index contributed by atoms with van der Waals surface area (Å²) >= 11 is 12.7. The van der Waals surface area contributed by atoms with E-state index < -0.39 is 0 Å². The quantitative estimate of drug-likeness (QED) is 0.370. The first-order valence-corrected chi connectivity index (χ1v) is 10.7. The van der Waals surface area contributed by atoms with Crippen molar-refractivity contribution in [2.45, 2.75) is 13.1 Å². The average Bonchev–Trinajstić information content (AvgIpc) is 2.70. The fraction of sp³-hybridized carbons (Fsp3) is 0.136. The Kier molecular flexibility index (Phi) is 7.48. The molecule has 3 rings (SSSR count). The third-order valence-electron chi connectivity index (χ3n) is 4.18. The molecular weight excluding hydrogens is 500 g/mol. The van der Waals surface area contributed by atoms with Gasteiger partial charge in [-0.05, 0) is 71.9 Å². The van der Waals surface area contributed by atoms with E-state index >= 15 is 0 Å². The third-order valence-corrected chi connectivity index (χ3v) is 5.56. The number of hydrogen-bond donors (Lipinski definition) is 1. The second kappa shape index (κ2) is 10.0. The van der Waals surface area contributed by atoms with Gasteiger partial charge in [0.2, 0.25) is 0 Å². The molecule has 0 fully saturated rings. The molecule has 3 aromatic rings. The highest BCUT2D eigenvalue weighted by Gasteiger charge is 2.12. The summed E-state index contributed by atoms with van der Waals surface area (Å²) in [6.07, 6.45) is 0. The van der Waals surface area contributed by atoms with E-state index in [2.05, 4.69) is 66.3 Å². The highest BCUT2D eigenvalue weighted by Crippen LogP contribution is 2.19. The number of thiocarbonyl (C=S) groups is 1. The van der Waals surface area contributed by atoms with E-state index in [-0.39, 0.29) is 0 Å². The average molecular weight is 520 g/mol. The van der Waals surface area contributed by atoms with Crippen molar-refractivity contribution in [3.05, 3.63) is 92.9 Å². The van der Waals surface area contributed by atoms with Crippen molar-refractivity contribution in [3.63, 3.8) is 0 Å². The maximum atomic E-state index is 5.74. The number of benzene rings is 3. The molecule has 1 N–H and O–H groups in total. The van der Waals surface area contributed by atoms with Crippen molar-refractivity contribution in [1.82, 2.24) is 4.90 Å². The van der Waals surface area contributed by atoms with Gasteiger partial charge in [0.1, 0.15) is 5.75 Å². The minimum Gasteiger partial charge on any atom is -0.497 e. The highest BCUT2D eigenvalue weighted by atomic mass is 79.9. The van der Waals surface area contributed by atoms with Crippen LogP contribution in [0.4, 0.5) is 5.69 Å². The molecule has 0 heterocycles. The summed E-state index contributed by atoms with van der Waals surface area (Å²) in [4.78, 5) is 2.15. The van der Waals surface area contributed by atoms with Crippen LogP contribution in [-0.4, -0.2) is 17.1 Å². The van der Waals surface area contributed by atoms with E-state index in [0.717, 1.165) is 25.9 Å². The van der Waals surface area contributed by atoms with Crippen LogP contribution < -0.4 is 10.1 Å². The topological polar surface area (TPSA) is 24.5 Å². The SMILES string of the molecule is COc1ccc(CN(Cc2cccc(Br)c2)C(=S)Nc2ccc(Br)cc2)cc1. The predicted molar refractivity (Wildman–Crippen MR) is 127 cm³/mol. The van der Waals surface area contributed by atoms with Gasteiger partial charge in [-0.2, -0.15) is 0 Å². The molecule has 0 unspecified atom stereocenters. The molecule has 3 nitrogen and oxygen atoms in total. The molecule has 0 radical (unpaired) electrons. The van der Waals surface area contributed by atoms with Crippen LogP contribution in [0.2, 0.25) is 0 Å². The largest absolute Gasteiger partial charge is 0.497 e. The molecule has 0 aromatic heterocycles. The lowest BCUT2D eigenvalue weighted by Crippen LogP contribution is -2.33. The second-order valence-electron chi connectivity index (χ2n) is 6.27. The Hall–Kier alpha value is -1.89. The number of nitrogens with one attached hydrogen (secondary N) is 1. The van der Waals surface area contributed by atoms with Crippen LogP contribution in [0.5, 0.6) is 5.75 Å². The van der Waals surface area contributed by atoms with Gasteiger partial charge in [0, 0.05) is 27.7 Å². The molecule has 0 aliphatic carbocycles. The summed E-state index contributed by atoms with van der Waals surface area (Å²) in [5.41, 5.74) is 3.31. The molecule has 3 aromatic carbocycles. The summed E-state index contributed by atoms with van der Waals surface area (Å²) in [7, 11) is 1.67. The lowest BCUT2D eigenvalue weighted by atomic mass is 10.1. The Labute approximate surface area is 188 Å². The molecule has 0 saturated heterocycles. The molecule has 0 amide bonds. The molecule has 0 saturated carbocycles. The van der Waals surface area contributed by atoms with Crippen molar-refractivity contribution in [2.24, 2.45) is 0 Å². The molecule has 0 aliphatic rings. The number of ether oxygens (including phenoxy) is 1. The first kappa shape index (κ1) is 20.8. The number of hydrogen-bond acceptors (Lipinski definition) is 2. The summed E-state index contributed by atoms with van der Waals surface area (Å²) in [5, 5.41) is 4.03. The summed E-state index contributed by atoms with van der Waals surface area (Å²) in [6.45, 7) is 1.40. The molecule has 6 heteroatoms. The van der Waals surface area contributed by atoms with Gasteiger partial charge >= 0.3 is 0 Å². The van der Waals surface area contributed by atoms with Crippen LogP contribution in [0.1, 0.15) is 11.1 Å². The van der Waals surface area contributed by atoms with Gasteiger partial charge in [-0.15, -0.1) is 0 Å². The molecule has 0 spiro atoms. The fourth-order valence-electron chi connectivity index (χ4n) is 2.74. The standard InChI is InChI=1S/C22H20Br2N2OS/c1-27-21-11-5-16(6-12-21)14-26(15-17-3-2-4-19(24)13-17)22(28)25-20-9-7-18(23)8-10-20/h2-13H,14-15H2,1H3,(H,25,28). The number of rotatable bonds is 6. The van der Waals surface area contributed by atoms with E-state index in [9.17, 15) is 0 Å². The van der Waals surface area contributed by atoms with E-state index in [4.69, 9.17) is 17.0 Å². The van der Waals surface area contributed by atoms with Crippen LogP contribution in [-0.2, 0) is 13.1 Å². The molecule has 28 heavy (non-hydrogen) atoms. The first-order chi connectivity index (χ1) is 13.5. The maximum Gasteiger partial charge on any atom is 0.174 e. The molecule has 0 bridgehead atoms. The smallest absolute Gasteiger partial charge is 0.174 e. The predicted octanol–water partition coefficient (Wildman–Crippen LogP) is 6.62. The minimum absolute atomic E-state index is 0.679. The zero-order valence-electron chi connectivity index (χ0n) is 15.4. The monoisotopic (exact) mass is 518 g/mol. The van der Waals surface area contributed by atoms with E-state index in [0.29, 0.717) is 18.2 Å². The van der Waals surface area contributed by atoms with Gasteiger partial charge < -0.3 is 15.0 Å². The van der Waals surface area contributed by atoms with Crippen molar-refractivity contribution < 1.29 is 4.74 Å². The number of halogens is 2. The molecular formula is C22H20Br2N2OS. The Morgan fingerprint density at radius 1 is 0.893 bits per heavy atom. The summed E-state index contributed by atoms with van der Waals surface area (Å²) < 4.78 is 7.35. The molecule has 144 valence electrons. The van der Waals surface area contributed by atoms with Crippen molar-refractivity contribution >= 4 is 54.9 Å². The van der Waals surface area contributed by atoms with E-state index in [1.165, 1.54) is 5.56 Å².